The number of hydrogen-bond donors (Lipinski definition) is 1. The van der Waals surface area contributed by atoms with Gasteiger partial charge in [0.05, 0.1) is 30.9 Å². The molecule has 0 radical (unpaired) electrons. The summed E-state index contributed by atoms with van der Waals surface area (Å²) in [6.45, 7) is 1.98. The van der Waals surface area contributed by atoms with E-state index in [4.69, 9.17) is 14.5 Å². The van der Waals surface area contributed by atoms with Gasteiger partial charge < -0.3 is 14.4 Å². The Hall–Kier alpha value is -4.23. The van der Waals surface area contributed by atoms with E-state index >= 15 is 0 Å². The van der Waals surface area contributed by atoms with E-state index in [1.54, 1.807) is 13.3 Å². The standard InChI is InChI=1S/C29H29N7O3/c1-38-24-13-22-26(32-27(24)29(17-30)10-8-18-5-2-3-6-21(18)29)25(34-33-22)19-14-31-36(15-19)20-9-11-35(16-20)28(37)23-7-4-12-39-23/h2-3,5-6,13-15,20,23H,4,7-12,16H2,1H3,(H,33,34)/t20-,23-,29?/m0/s1. The minimum Gasteiger partial charge on any atom is -0.495 e. The number of benzene rings is 1. The highest BCUT2D eigenvalue weighted by molar-refractivity contribution is 5.90. The van der Waals surface area contributed by atoms with E-state index < -0.39 is 5.41 Å². The van der Waals surface area contributed by atoms with Crippen LogP contribution >= 0.6 is 0 Å². The average molecular weight is 524 g/mol. The first-order chi connectivity index (χ1) is 19.1. The van der Waals surface area contributed by atoms with Crippen LogP contribution in [0.5, 0.6) is 5.75 Å². The molecule has 7 rings (SSSR count). The molecule has 198 valence electrons. The second-order valence-electron chi connectivity index (χ2n) is 10.6. The Morgan fingerprint density at radius 3 is 3.03 bits per heavy atom. The van der Waals surface area contributed by atoms with E-state index in [0.717, 1.165) is 42.3 Å². The fourth-order valence-corrected chi connectivity index (χ4v) is 6.41. The van der Waals surface area contributed by atoms with Crippen LogP contribution in [0.1, 0.15) is 48.5 Å². The van der Waals surface area contributed by atoms with Crippen molar-refractivity contribution in [3.63, 3.8) is 0 Å². The molecule has 2 fully saturated rings. The highest BCUT2D eigenvalue weighted by atomic mass is 16.5. The molecule has 0 bridgehead atoms. The zero-order valence-electron chi connectivity index (χ0n) is 21.8. The molecule has 3 aromatic heterocycles. The second-order valence-corrected chi connectivity index (χ2v) is 10.6. The lowest BCUT2D eigenvalue weighted by atomic mass is 9.79. The molecule has 0 saturated carbocycles. The van der Waals surface area contributed by atoms with Gasteiger partial charge in [-0.1, -0.05) is 24.3 Å². The van der Waals surface area contributed by atoms with E-state index in [-0.39, 0.29) is 18.1 Å². The number of hydrogen-bond acceptors (Lipinski definition) is 7. The van der Waals surface area contributed by atoms with Crippen LogP contribution in [0.25, 0.3) is 22.3 Å². The fourth-order valence-electron chi connectivity index (χ4n) is 6.41. The summed E-state index contributed by atoms with van der Waals surface area (Å²) in [7, 11) is 1.61. The predicted molar refractivity (Wildman–Crippen MR) is 142 cm³/mol. The highest BCUT2D eigenvalue weighted by Crippen LogP contribution is 2.47. The molecule has 3 atom stereocenters. The first-order valence-corrected chi connectivity index (χ1v) is 13.5. The molecule has 0 spiro atoms. The molecule has 2 aliphatic heterocycles. The van der Waals surface area contributed by atoms with Crippen molar-refractivity contribution in [2.45, 2.75) is 49.7 Å². The maximum Gasteiger partial charge on any atom is 0.251 e. The van der Waals surface area contributed by atoms with Gasteiger partial charge in [-0.3, -0.25) is 14.6 Å². The first kappa shape index (κ1) is 23.9. The summed E-state index contributed by atoms with van der Waals surface area (Å²) >= 11 is 0. The SMILES string of the molecule is COc1cc2[nH]nc(-c3cnn([C@H]4CCN(C(=O)[C@@H]5CCCO5)C4)c3)c2nc1C1(C#N)CCc2ccccc21. The number of carbonyl (C=O) groups is 1. The number of nitriles is 1. The van der Waals surface area contributed by atoms with E-state index in [2.05, 4.69) is 27.4 Å². The molecule has 1 amide bonds. The van der Waals surface area contributed by atoms with Gasteiger partial charge in [-0.2, -0.15) is 15.5 Å². The minimum atomic E-state index is -0.891. The molecule has 1 unspecified atom stereocenters. The second kappa shape index (κ2) is 9.20. The topological polar surface area (TPSA) is 122 Å². The normalized spacial score (nSPS) is 24.3. The van der Waals surface area contributed by atoms with Crippen molar-refractivity contribution >= 4 is 16.9 Å². The van der Waals surface area contributed by atoms with E-state index in [1.807, 2.05) is 40.0 Å². The molecule has 1 N–H and O–H groups in total. The van der Waals surface area contributed by atoms with Crippen LogP contribution in [-0.4, -0.2) is 68.7 Å². The quantitative estimate of drug-likeness (QED) is 0.425. The Morgan fingerprint density at radius 2 is 2.21 bits per heavy atom. The zero-order valence-corrected chi connectivity index (χ0v) is 21.8. The Labute approximate surface area is 225 Å². The fraction of sp³-hybridized carbons (Fsp3) is 0.414. The van der Waals surface area contributed by atoms with Crippen molar-refractivity contribution in [2.75, 3.05) is 26.8 Å². The molecule has 39 heavy (non-hydrogen) atoms. The van der Waals surface area contributed by atoms with Gasteiger partial charge >= 0.3 is 0 Å². The number of carbonyl (C=O) groups excluding carboxylic acids is 1. The Kier molecular flexibility index (Phi) is 5.63. The number of likely N-dealkylation sites (tertiary alicyclic amines) is 1. The summed E-state index contributed by atoms with van der Waals surface area (Å²) in [5.74, 6) is 0.653. The minimum absolute atomic E-state index is 0.0891. The van der Waals surface area contributed by atoms with Crippen LogP contribution in [0, 0.1) is 11.3 Å². The van der Waals surface area contributed by atoms with Crippen molar-refractivity contribution in [2.24, 2.45) is 0 Å². The van der Waals surface area contributed by atoms with Crippen LogP contribution in [-0.2, 0) is 21.4 Å². The van der Waals surface area contributed by atoms with E-state index in [0.29, 0.717) is 48.8 Å². The third-order valence-electron chi connectivity index (χ3n) is 8.49. The number of H-pyrrole nitrogens is 1. The van der Waals surface area contributed by atoms with Gasteiger partial charge in [-0.05, 0) is 43.2 Å². The summed E-state index contributed by atoms with van der Waals surface area (Å²) in [6.07, 6.45) is 7.50. The Bertz CT molecular complexity index is 1610. The van der Waals surface area contributed by atoms with Crippen LogP contribution in [0.3, 0.4) is 0 Å². The maximum absolute atomic E-state index is 12.8. The molecular weight excluding hydrogens is 494 g/mol. The summed E-state index contributed by atoms with van der Waals surface area (Å²) in [4.78, 5) is 19.7. The summed E-state index contributed by atoms with van der Waals surface area (Å²) in [5, 5.41) is 22.8. The Balaban J connectivity index is 1.22. The van der Waals surface area contributed by atoms with Crippen molar-refractivity contribution in [3.05, 3.63) is 59.5 Å². The number of aryl methyl sites for hydroxylation is 1. The van der Waals surface area contributed by atoms with Crippen molar-refractivity contribution < 1.29 is 14.3 Å². The number of ether oxygens (including phenoxy) is 2. The summed E-state index contributed by atoms with van der Waals surface area (Å²) < 4.78 is 13.3. The molecule has 10 nitrogen and oxygen atoms in total. The molecule has 4 aromatic rings. The van der Waals surface area contributed by atoms with Gasteiger partial charge in [0, 0.05) is 37.5 Å². The number of nitrogens with zero attached hydrogens (tertiary/aromatic N) is 6. The number of nitrogens with one attached hydrogen (secondary N) is 1. The van der Waals surface area contributed by atoms with Crippen LogP contribution in [0.2, 0.25) is 0 Å². The number of pyridine rings is 1. The summed E-state index contributed by atoms with van der Waals surface area (Å²) in [5.41, 5.74) is 4.77. The molecule has 1 aromatic carbocycles. The van der Waals surface area contributed by atoms with Gasteiger partial charge in [0.25, 0.3) is 5.91 Å². The molecule has 3 aliphatic rings. The smallest absolute Gasteiger partial charge is 0.251 e. The molecule has 2 saturated heterocycles. The monoisotopic (exact) mass is 523 g/mol. The largest absolute Gasteiger partial charge is 0.495 e. The third kappa shape index (κ3) is 3.72. The number of methoxy groups -OCH3 is 1. The molecule has 1 aliphatic carbocycles. The number of fused-ring (bicyclic) bond motifs is 2. The van der Waals surface area contributed by atoms with E-state index in [9.17, 15) is 10.1 Å². The number of aromatic nitrogens is 5. The van der Waals surface area contributed by atoms with Gasteiger partial charge in [0.15, 0.2) is 0 Å². The first-order valence-electron chi connectivity index (χ1n) is 13.5. The van der Waals surface area contributed by atoms with E-state index in [1.165, 1.54) is 5.56 Å². The maximum atomic E-state index is 12.8. The van der Waals surface area contributed by atoms with Crippen molar-refractivity contribution in [1.82, 2.24) is 29.9 Å². The van der Waals surface area contributed by atoms with Gasteiger partial charge in [0.1, 0.15) is 34.2 Å². The van der Waals surface area contributed by atoms with Gasteiger partial charge in [-0.25, -0.2) is 4.98 Å². The molecule has 5 heterocycles. The van der Waals surface area contributed by atoms with Gasteiger partial charge in [0.2, 0.25) is 0 Å². The lowest BCUT2D eigenvalue weighted by Gasteiger charge is -2.24. The van der Waals surface area contributed by atoms with Crippen molar-refractivity contribution in [3.8, 4) is 23.1 Å². The number of amides is 1. The Morgan fingerprint density at radius 1 is 1.31 bits per heavy atom. The number of rotatable bonds is 5. The van der Waals surface area contributed by atoms with Crippen molar-refractivity contribution in [1.29, 1.82) is 5.26 Å². The van der Waals surface area contributed by atoms with Crippen LogP contribution < -0.4 is 4.74 Å². The van der Waals surface area contributed by atoms with Crippen LogP contribution in [0.4, 0.5) is 0 Å². The number of aromatic amines is 1. The lowest BCUT2D eigenvalue weighted by Crippen LogP contribution is -2.37. The average Bonchev–Trinajstić information content (AvgIpc) is 3.80. The summed E-state index contributed by atoms with van der Waals surface area (Å²) in [6, 6.07) is 12.6. The predicted octanol–water partition coefficient (Wildman–Crippen LogP) is 3.54. The molecular formula is C29H29N7O3. The zero-order chi connectivity index (χ0) is 26.6. The van der Waals surface area contributed by atoms with Gasteiger partial charge in [-0.15, -0.1) is 0 Å². The highest BCUT2D eigenvalue weighted by Gasteiger charge is 2.44. The van der Waals surface area contributed by atoms with Crippen LogP contribution in [0.15, 0.2) is 42.7 Å². The third-order valence-corrected chi connectivity index (χ3v) is 8.49. The lowest BCUT2D eigenvalue weighted by molar-refractivity contribution is -0.139. The molecule has 10 heteroatoms.